The molecule has 0 heterocycles. The van der Waals surface area contributed by atoms with Crippen LogP contribution in [0.5, 0.6) is 0 Å². The Hall–Kier alpha value is -2.37. The fraction of sp³-hybridized carbons (Fsp3) is 0.381. The van der Waals surface area contributed by atoms with E-state index >= 15 is 0 Å². The zero-order chi connectivity index (χ0) is 18.8. The predicted molar refractivity (Wildman–Crippen MR) is 104 cm³/mol. The quantitative estimate of drug-likeness (QED) is 0.656. The van der Waals surface area contributed by atoms with Crippen molar-refractivity contribution in [3.05, 3.63) is 65.7 Å². The van der Waals surface area contributed by atoms with E-state index < -0.39 is 0 Å². The summed E-state index contributed by atoms with van der Waals surface area (Å²) in [7, 11) is 1.65. The van der Waals surface area contributed by atoms with E-state index in [1.54, 1.807) is 7.11 Å². The van der Waals surface area contributed by atoms with Gasteiger partial charge in [-0.2, -0.15) is 0 Å². The number of rotatable bonds is 9. The molecule has 5 nitrogen and oxygen atoms in total. The number of nitrogens with one attached hydrogen (secondary N) is 2. The third kappa shape index (κ3) is 6.50. The Labute approximate surface area is 155 Å². The molecule has 2 rings (SSSR count). The van der Waals surface area contributed by atoms with Crippen molar-refractivity contribution in [2.45, 2.75) is 26.5 Å². The lowest BCUT2D eigenvalue weighted by Gasteiger charge is -2.23. The number of carbonyl (C=O) groups excluding carboxylic acids is 1. The van der Waals surface area contributed by atoms with Gasteiger partial charge >= 0.3 is 6.03 Å². The van der Waals surface area contributed by atoms with Crippen LogP contribution in [0.4, 0.5) is 10.5 Å². The summed E-state index contributed by atoms with van der Waals surface area (Å²) in [5.74, 6) is 0.281. The van der Waals surface area contributed by atoms with Gasteiger partial charge in [0.25, 0.3) is 0 Å². The van der Waals surface area contributed by atoms with Crippen LogP contribution in [0.15, 0.2) is 54.6 Å². The van der Waals surface area contributed by atoms with Crippen molar-refractivity contribution in [3.8, 4) is 0 Å². The number of ether oxygens (including phenoxy) is 2. The summed E-state index contributed by atoms with van der Waals surface area (Å²) in [6, 6.07) is 17.4. The molecule has 140 valence electrons. The Morgan fingerprint density at radius 2 is 1.81 bits per heavy atom. The predicted octanol–water partition coefficient (Wildman–Crippen LogP) is 4.37. The van der Waals surface area contributed by atoms with Crippen LogP contribution < -0.4 is 10.6 Å². The van der Waals surface area contributed by atoms with Gasteiger partial charge in [0.1, 0.15) is 0 Å². The average molecular weight is 356 g/mol. The first-order chi connectivity index (χ1) is 12.6. The van der Waals surface area contributed by atoms with Crippen LogP contribution in [-0.2, 0) is 16.1 Å². The van der Waals surface area contributed by atoms with Gasteiger partial charge in [-0.1, -0.05) is 56.3 Å². The lowest BCUT2D eigenvalue weighted by molar-refractivity contribution is 0.0617. The van der Waals surface area contributed by atoms with Gasteiger partial charge in [-0.3, -0.25) is 0 Å². The zero-order valence-electron chi connectivity index (χ0n) is 15.7. The Bertz CT molecular complexity index is 674. The largest absolute Gasteiger partial charge is 0.382 e. The molecule has 2 N–H and O–H groups in total. The Morgan fingerprint density at radius 3 is 2.50 bits per heavy atom. The number of amides is 2. The Balaban J connectivity index is 1.94. The highest BCUT2D eigenvalue weighted by Gasteiger charge is 2.18. The van der Waals surface area contributed by atoms with Crippen molar-refractivity contribution in [3.63, 3.8) is 0 Å². The summed E-state index contributed by atoms with van der Waals surface area (Å²) in [5.41, 5.74) is 2.84. The highest BCUT2D eigenvalue weighted by atomic mass is 16.5. The Morgan fingerprint density at radius 1 is 1.04 bits per heavy atom. The fourth-order valence-electron chi connectivity index (χ4n) is 2.67. The number of hydrogen-bond acceptors (Lipinski definition) is 3. The van der Waals surface area contributed by atoms with Crippen LogP contribution in [0.2, 0.25) is 0 Å². The third-order valence-corrected chi connectivity index (χ3v) is 4.00. The van der Waals surface area contributed by atoms with E-state index in [0.29, 0.717) is 19.8 Å². The molecule has 0 aliphatic carbocycles. The van der Waals surface area contributed by atoms with Gasteiger partial charge in [-0.25, -0.2) is 4.79 Å². The first kappa shape index (κ1) is 19.9. The van der Waals surface area contributed by atoms with Crippen LogP contribution in [0.25, 0.3) is 0 Å². The normalized spacial score (nSPS) is 12.0. The molecule has 1 atom stereocenters. The third-order valence-electron chi connectivity index (χ3n) is 4.00. The van der Waals surface area contributed by atoms with Crippen LogP contribution in [-0.4, -0.2) is 26.4 Å². The number of benzene rings is 2. The van der Waals surface area contributed by atoms with Crippen molar-refractivity contribution in [1.82, 2.24) is 5.32 Å². The molecule has 0 radical (unpaired) electrons. The van der Waals surface area contributed by atoms with E-state index in [9.17, 15) is 4.79 Å². The van der Waals surface area contributed by atoms with Crippen LogP contribution in [0.3, 0.4) is 0 Å². The molecule has 2 aromatic rings. The summed E-state index contributed by atoms with van der Waals surface area (Å²) in [5, 5.41) is 5.97. The number of urea groups is 1. The van der Waals surface area contributed by atoms with Gasteiger partial charge in [0.2, 0.25) is 0 Å². The van der Waals surface area contributed by atoms with Crippen molar-refractivity contribution < 1.29 is 14.3 Å². The summed E-state index contributed by atoms with van der Waals surface area (Å²) in [4.78, 5) is 12.4. The smallest absolute Gasteiger partial charge is 0.319 e. The molecule has 1 unspecified atom stereocenters. The van der Waals surface area contributed by atoms with Crippen LogP contribution in [0.1, 0.15) is 31.0 Å². The lowest BCUT2D eigenvalue weighted by atomic mass is 9.96. The lowest BCUT2D eigenvalue weighted by Crippen LogP contribution is -2.35. The standard InChI is InChI=1S/C21H28N2O3/c1-16(2)20(18-9-5-4-6-10-18)23-21(24)22-19-11-7-8-17(14-19)15-26-13-12-25-3/h4-11,14,16,20H,12-13,15H2,1-3H3,(H2,22,23,24). The summed E-state index contributed by atoms with van der Waals surface area (Å²) in [6.45, 7) is 5.78. The minimum atomic E-state index is -0.218. The summed E-state index contributed by atoms with van der Waals surface area (Å²) >= 11 is 0. The highest BCUT2D eigenvalue weighted by molar-refractivity contribution is 5.89. The second-order valence-electron chi connectivity index (χ2n) is 6.48. The van der Waals surface area contributed by atoms with Gasteiger partial charge in [-0.05, 0) is 29.2 Å². The van der Waals surface area contributed by atoms with Gasteiger partial charge in [0, 0.05) is 12.8 Å². The molecule has 2 aromatic carbocycles. The maximum atomic E-state index is 12.4. The average Bonchev–Trinajstić information content (AvgIpc) is 2.64. The number of hydrogen-bond donors (Lipinski definition) is 2. The Kier molecular flexibility index (Phi) is 8.12. The van der Waals surface area contributed by atoms with Crippen molar-refractivity contribution in [1.29, 1.82) is 0 Å². The first-order valence-corrected chi connectivity index (χ1v) is 8.88. The number of methoxy groups -OCH3 is 1. The second-order valence-corrected chi connectivity index (χ2v) is 6.48. The number of carbonyl (C=O) groups is 1. The molecule has 0 saturated heterocycles. The van der Waals surface area contributed by atoms with Crippen LogP contribution in [0, 0.1) is 5.92 Å². The monoisotopic (exact) mass is 356 g/mol. The molecule has 0 bridgehead atoms. The molecule has 0 aliphatic rings. The topological polar surface area (TPSA) is 59.6 Å². The molecule has 0 aromatic heterocycles. The van der Waals surface area contributed by atoms with Gasteiger partial charge in [-0.15, -0.1) is 0 Å². The first-order valence-electron chi connectivity index (χ1n) is 8.88. The second kappa shape index (κ2) is 10.6. The fourth-order valence-corrected chi connectivity index (χ4v) is 2.67. The number of anilines is 1. The maximum absolute atomic E-state index is 12.4. The van der Waals surface area contributed by atoms with E-state index in [4.69, 9.17) is 9.47 Å². The summed E-state index contributed by atoms with van der Waals surface area (Å²) < 4.78 is 10.5. The molecule has 0 spiro atoms. The molecule has 0 fully saturated rings. The van der Waals surface area contributed by atoms with Crippen molar-refractivity contribution in [2.75, 3.05) is 25.6 Å². The van der Waals surface area contributed by atoms with Crippen molar-refractivity contribution >= 4 is 11.7 Å². The van der Waals surface area contributed by atoms with E-state index in [1.165, 1.54) is 0 Å². The molecule has 0 aliphatic heterocycles. The maximum Gasteiger partial charge on any atom is 0.319 e. The van der Waals surface area contributed by atoms with Gasteiger partial charge < -0.3 is 20.1 Å². The van der Waals surface area contributed by atoms with E-state index in [0.717, 1.165) is 16.8 Å². The van der Waals surface area contributed by atoms with Crippen LogP contribution >= 0.6 is 0 Å². The molecule has 5 heteroatoms. The SMILES string of the molecule is COCCOCc1cccc(NC(=O)NC(c2ccccc2)C(C)C)c1. The molecule has 26 heavy (non-hydrogen) atoms. The molecule has 2 amide bonds. The minimum Gasteiger partial charge on any atom is -0.382 e. The minimum absolute atomic E-state index is 0.0447. The van der Waals surface area contributed by atoms with Crippen molar-refractivity contribution in [2.24, 2.45) is 5.92 Å². The van der Waals surface area contributed by atoms with E-state index in [-0.39, 0.29) is 18.0 Å². The summed E-state index contributed by atoms with van der Waals surface area (Å²) in [6.07, 6.45) is 0. The van der Waals surface area contributed by atoms with E-state index in [2.05, 4.69) is 24.5 Å². The zero-order valence-corrected chi connectivity index (χ0v) is 15.7. The molecular formula is C21H28N2O3. The van der Waals surface area contributed by atoms with Gasteiger partial charge in [0.15, 0.2) is 0 Å². The van der Waals surface area contributed by atoms with Gasteiger partial charge in [0.05, 0.1) is 25.9 Å². The molecule has 0 saturated carbocycles. The highest BCUT2D eigenvalue weighted by Crippen LogP contribution is 2.21. The molecular weight excluding hydrogens is 328 g/mol. The van der Waals surface area contributed by atoms with E-state index in [1.807, 2.05) is 54.6 Å².